The fraction of sp³-hybridized carbons (Fsp3) is 0.600. The van der Waals surface area contributed by atoms with Crippen molar-refractivity contribution in [3.63, 3.8) is 0 Å². The number of nitrogens with zero attached hydrogens (tertiary/aromatic N) is 1. The van der Waals surface area contributed by atoms with Crippen molar-refractivity contribution in [3.8, 4) is 0 Å². The van der Waals surface area contributed by atoms with Crippen LogP contribution in [0.2, 0.25) is 0 Å². The van der Waals surface area contributed by atoms with Crippen molar-refractivity contribution < 1.29 is 4.79 Å². The Morgan fingerprint density at radius 2 is 2.30 bits per heavy atom. The molecule has 4 nitrogen and oxygen atoms in total. The van der Waals surface area contributed by atoms with Gasteiger partial charge in [-0.3, -0.25) is 4.79 Å². The zero-order valence-electron chi connectivity index (χ0n) is 12.4. The third-order valence-electron chi connectivity index (χ3n) is 3.64. The lowest BCUT2D eigenvalue weighted by Gasteiger charge is -2.23. The summed E-state index contributed by atoms with van der Waals surface area (Å²) >= 11 is 1.94. The van der Waals surface area contributed by atoms with E-state index in [1.165, 1.54) is 12.2 Å². The lowest BCUT2D eigenvalue weighted by atomic mass is 10.0. The summed E-state index contributed by atoms with van der Waals surface area (Å²) in [7, 11) is 0. The maximum absolute atomic E-state index is 12.3. The van der Waals surface area contributed by atoms with Crippen LogP contribution in [0.15, 0.2) is 12.1 Å². The Balaban J connectivity index is 2.05. The molecule has 5 heteroatoms. The van der Waals surface area contributed by atoms with E-state index in [4.69, 9.17) is 5.73 Å². The molecule has 1 amide bonds. The molecule has 2 heterocycles. The number of nitrogen functional groups attached to an aromatic ring is 1. The predicted octanol–water partition coefficient (Wildman–Crippen LogP) is 2.80. The summed E-state index contributed by atoms with van der Waals surface area (Å²) in [5.41, 5.74) is 7.25. The number of rotatable bonds is 4. The zero-order chi connectivity index (χ0) is 14.8. The number of hydrogen-bond acceptors (Lipinski definition) is 4. The van der Waals surface area contributed by atoms with E-state index in [2.05, 4.69) is 17.2 Å². The third kappa shape index (κ3) is 3.66. The van der Waals surface area contributed by atoms with E-state index in [1.54, 1.807) is 6.07 Å². The topological polar surface area (TPSA) is 68.0 Å². The van der Waals surface area contributed by atoms with E-state index < -0.39 is 0 Å². The van der Waals surface area contributed by atoms with Gasteiger partial charge in [0.2, 0.25) is 0 Å². The van der Waals surface area contributed by atoms with Crippen molar-refractivity contribution in [3.05, 3.63) is 23.4 Å². The first kappa shape index (κ1) is 15.2. The fourth-order valence-corrected chi connectivity index (χ4v) is 3.59. The summed E-state index contributed by atoms with van der Waals surface area (Å²) in [6.45, 7) is 7.00. The van der Waals surface area contributed by atoms with E-state index >= 15 is 0 Å². The van der Waals surface area contributed by atoms with Crippen molar-refractivity contribution in [1.82, 2.24) is 10.3 Å². The van der Waals surface area contributed by atoms with Crippen LogP contribution < -0.4 is 11.1 Å². The molecule has 0 saturated carbocycles. The van der Waals surface area contributed by atoms with Crippen LogP contribution >= 0.6 is 11.8 Å². The van der Waals surface area contributed by atoms with E-state index in [1.807, 2.05) is 31.7 Å². The van der Waals surface area contributed by atoms with Crippen LogP contribution in [-0.4, -0.2) is 27.9 Å². The van der Waals surface area contributed by atoms with Gasteiger partial charge in [-0.2, -0.15) is 11.8 Å². The Morgan fingerprint density at radius 1 is 1.55 bits per heavy atom. The molecular formula is C15H23N3OS. The minimum atomic E-state index is -0.0604. The summed E-state index contributed by atoms with van der Waals surface area (Å²) in [6, 6.07) is 3.48. The largest absolute Gasteiger partial charge is 0.384 e. The highest BCUT2D eigenvalue weighted by molar-refractivity contribution is 8.00. The van der Waals surface area contributed by atoms with E-state index in [0.29, 0.717) is 17.9 Å². The van der Waals surface area contributed by atoms with Crippen LogP contribution in [0.4, 0.5) is 5.82 Å². The molecule has 0 bridgehead atoms. The Morgan fingerprint density at radius 3 is 2.90 bits per heavy atom. The SMILES string of the molecule is CC(C)c1cc(C(=O)NCC2(C)CCCS2)cc(N)n1. The number of nitrogens with one attached hydrogen (secondary N) is 1. The first-order valence-corrected chi connectivity index (χ1v) is 8.08. The lowest BCUT2D eigenvalue weighted by molar-refractivity contribution is 0.0949. The van der Waals surface area contributed by atoms with Gasteiger partial charge in [0, 0.05) is 22.5 Å². The maximum atomic E-state index is 12.3. The molecule has 1 aliphatic heterocycles. The summed E-state index contributed by atoms with van der Waals surface area (Å²) in [5, 5.41) is 3.03. The van der Waals surface area contributed by atoms with Crippen LogP contribution in [-0.2, 0) is 0 Å². The average Bonchev–Trinajstić information content (AvgIpc) is 2.82. The number of anilines is 1. The molecule has 20 heavy (non-hydrogen) atoms. The maximum Gasteiger partial charge on any atom is 0.251 e. The van der Waals surface area contributed by atoms with Crippen LogP contribution in [0.3, 0.4) is 0 Å². The van der Waals surface area contributed by atoms with Crippen molar-refractivity contribution in [1.29, 1.82) is 0 Å². The number of nitrogens with two attached hydrogens (primary N) is 1. The molecule has 110 valence electrons. The van der Waals surface area contributed by atoms with Gasteiger partial charge in [0.15, 0.2) is 0 Å². The van der Waals surface area contributed by atoms with Crippen LogP contribution in [0.5, 0.6) is 0 Å². The predicted molar refractivity (Wildman–Crippen MR) is 85.2 cm³/mol. The van der Waals surface area contributed by atoms with Crippen LogP contribution in [0, 0.1) is 0 Å². The van der Waals surface area contributed by atoms with Gasteiger partial charge in [0.05, 0.1) is 0 Å². The van der Waals surface area contributed by atoms with Crippen molar-refractivity contribution >= 4 is 23.5 Å². The molecule has 1 unspecified atom stereocenters. The lowest BCUT2D eigenvalue weighted by Crippen LogP contribution is -2.36. The van der Waals surface area contributed by atoms with Crippen molar-refractivity contribution in [2.24, 2.45) is 0 Å². The number of hydrogen-bond donors (Lipinski definition) is 2. The van der Waals surface area contributed by atoms with Gasteiger partial charge < -0.3 is 11.1 Å². The first-order chi connectivity index (χ1) is 9.39. The second-order valence-corrected chi connectivity index (χ2v) is 7.63. The Kier molecular flexibility index (Phi) is 4.58. The van der Waals surface area contributed by atoms with E-state index in [0.717, 1.165) is 12.1 Å². The van der Waals surface area contributed by atoms with Gasteiger partial charge in [0.1, 0.15) is 5.82 Å². The molecule has 1 aromatic rings. The minimum Gasteiger partial charge on any atom is -0.384 e. The zero-order valence-corrected chi connectivity index (χ0v) is 13.2. The number of thioether (sulfide) groups is 1. The van der Waals surface area contributed by atoms with Crippen LogP contribution in [0.25, 0.3) is 0 Å². The first-order valence-electron chi connectivity index (χ1n) is 7.09. The summed E-state index contributed by atoms with van der Waals surface area (Å²) in [4.78, 5) is 16.5. The molecule has 2 rings (SSSR count). The average molecular weight is 293 g/mol. The molecule has 0 radical (unpaired) electrons. The highest BCUT2D eigenvalue weighted by Gasteiger charge is 2.29. The van der Waals surface area contributed by atoms with Gasteiger partial charge in [-0.1, -0.05) is 13.8 Å². The highest BCUT2D eigenvalue weighted by atomic mass is 32.2. The van der Waals surface area contributed by atoms with E-state index in [9.17, 15) is 4.79 Å². The van der Waals surface area contributed by atoms with Gasteiger partial charge >= 0.3 is 0 Å². The molecule has 0 aliphatic carbocycles. The fourth-order valence-electron chi connectivity index (χ4n) is 2.35. The second-order valence-electron chi connectivity index (χ2n) is 5.94. The van der Waals surface area contributed by atoms with Crippen molar-refractivity contribution in [2.75, 3.05) is 18.0 Å². The van der Waals surface area contributed by atoms with Crippen molar-refractivity contribution in [2.45, 2.75) is 44.3 Å². The molecule has 0 spiro atoms. The molecule has 1 aromatic heterocycles. The van der Waals surface area contributed by atoms with Crippen LogP contribution in [0.1, 0.15) is 55.6 Å². The smallest absolute Gasteiger partial charge is 0.251 e. The summed E-state index contributed by atoms with van der Waals surface area (Å²) in [5.74, 6) is 1.79. The number of carbonyl (C=O) groups is 1. The monoisotopic (exact) mass is 293 g/mol. The number of amides is 1. The summed E-state index contributed by atoms with van der Waals surface area (Å²) < 4.78 is 0.176. The molecule has 0 aromatic carbocycles. The molecule has 3 N–H and O–H groups in total. The second kappa shape index (κ2) is 6.04. The van der Waals surface area contributed by atoms with Gasteiger partial charge in [0.25, 0.3) is 5.91 Å². The standard InChI is InChI=1S/C15H23N3OS/c1-10(2)12-7-11(8-13(16)18-12)14(19)17-9-15(3)5-4-6-20-15/h7-8,10H,4-6,9H2,1-3H3,(H2,16,18)(H,17,19). The Hall–Kier alpha value is -1.23. The number of pyridine rings is 1. The van der Waals surface area contributed by atoms with Gasteiger partial charge in [-0.25, -0.2) is 4.98 Å². The Labute approximate surface area is 124 Å². The third-order valence-corrected chi connectivity index (χ3v) is 5.18. The number of carbonyl (C=O) groups excluding carboxylic acids is 1. The molecule has 1 fully saturated rings. The molecular weight excluding hydrogens is 270 g/mol. The Bertz CT molecular complexity index is 496. The quantitative estimate of drug-likeness (QED) is 0.895. The molecule has 1 aliphatic rings. The molecule has 1 atom stereocenters. The van der Waals surface area contributed by atoms with Gasteiger partial charge in [-0.15, -0.1) is 0 Å². The number of aromatic nitrogens is 1. The highest BCUT2D eigenvalue weighted by Crippen LogP contribution is 2.37. The summed E-state index contributed by atoms with van der Waals surface area (Å²) in [6.07, 6.45) is 2.39. The molecule has 1 saturated heterocycles. The minimum absolute atomic E-state index is 0.0604. The van der Waals surface area contributed by atoms with E-state index in [-0.39, 0.29) is 16.6 Å². The normalized spacial score (nSPS) is 22.2. The van der Waals surface area contributed by atoms with Gasteiger partial charge in [-0.05, 0) is 43.6 Å².